The summed E-state index contributed by atoms with van der Waals surface area (Å²) in [6.45, 7) is 0. The maximum atomic E-state index is 6.13. The van der Waals surface area contributed by atoms with E-state index in [1.807, 2.05) is 43.8 Å². The number of aryl methyl sites for hydroxylation is 1. The van der Waals surface area contributed by atoms with Gasteiger partial charge >= 0.3 is 0 Å². The third-order valence-corrected chi connectivity index (χ3v) is 5.91. The van der Waals surface area contributed by atoms with Crippen LogP contribution in [0.4, 0.5) is 0 Å². The molecule has 4 nitrogen and oxygen atoms in total. The second-order valence-corrected chi connectivity index (χ2v) is 7.88. The van der Waals surface area contributed by atoms with Crippen molar-refractivity contribution < 1.29 is 0 Å². The number of nitrogens with zero attached hydrogens (tertiary/aromatic N) is 4. The fourth-order valence-electron chi connectivity index (χ4n) is 3.19. The Bertz CT molecular complexity index is 1260. The van der Waals surface area contributed by atoms with Crippen LogP contribution in [0.2, 0.25) is 5.02 Å². The average Bonchev–Trinajstić information content (AvgIpc) is 3.40. The lowest BCUT2D eigenvalue weighted by Crippen LogP contribution is -1.87. The van der Waals surface area contributed by atoms with Crippen LogP contribution in [-0.2, 0) is 7.05 Å². The minimum Gasteiger partial charge on any atom is -0.299 e. The molecule has 0 amide bonds. The Morgan fingerprint density at radius 3 is 2.63 bits per heavy atom. The molecule has 4 heterocycles. The third-order valence-electron chi connectivity index (χ3n) is 4.52. The molecule has 27 heavy (non-hydrogen) atoms. The zero-order valence-electron chi connectivity index (χ0n) is 14.5. The molecule has 0 saturated heterocycles. The van der Waals surface area contributed by atoms with Crippen LogP contribution in [0, 0.1) is 0 Å². The van der Waals surface area contributed by atoms with Gasteiger partial charge in [0.1, 0.15) is 5.65 Å². The molecule has 0 spiro atoms. The van der Waals surface area contributed by atoms with E-state index in [0.717, 1.165) is 33.1 Å². The number of thiophene rings is 1. The van der Waals surface area contributed by atoms with Gasteiger partial charge in [0.05, 0.1) is 23.0 Å². The van der Waals surface area contributed by atoms with Gasteiger partial charge in [-0.2, -0.15) is 5.10 Å². The highest BCUT2D eigenvalue weighted by Gasteiger charge is 2.11. The first-order valence-electron chi connectivity index (χ1n) is 8.50. The summed E-state index contributed by atoms with van der Waals surface area (Å²) in [5.41, 5.74) is 5.33. The molecule has 0 atom stereocenters. The molecule has 0 radical (unpaired) electrons. The molecule has 0 unspecified atom stereocenters. The zero-order chi connectivity index (χ0) is 18.4. The Labute approximate surface area is 165 Å². The first-order valence-corrected chi connectivity index (χ1v) is 9.69. The van der Waals surface area contributed by atoms with Crippen LogP contribution in [0.1, 0.15) is 0 Å². The highest BCUT2D eigenvalue weighted by Crippen LogP contribution is 2.35. The maximum absolute atomic E-state index is 6.13. The second kappa shape index (κ2) is 6.37. The average molecular weight is 391 g/mol. The Morgan fingerprint density at radius 2 is 1.81 bits per heavy atom. The highest BCUT2D eigenvalue weighted by atomic mass is 35.5. The Hall–Kier alpha value is -2.89. The number of fused-ring (bicyclic) bond motifs is 1. The Morgan fingerprint density at radius 1 is 0.926 bits per heavy atom. The summed E-state index contributed by atoms with van der Waals surface area (Å²) < 4.78 is 3.92. The fourth-order valence-corrected chi connectivity index (χ4v) is 4.39. The van der Waals surface area contributed by atoms with E-state index in [9.17, 15) is 0 Å². The first kappa shape index (κ1) is 16.3. The molecule has 5 rings (SSSR count). The third kappa shape index (κ3) is 2.95. The van der Waals surface area contributed by atoms with E-state index in [-0.39, 0.29) is 0 Å². The summed E-state index contributed by atoms with van der Waals surface area (Å²) in [4.78, 5) is 6.97. The second-order valence-electron chi connectivity index (χ2n) is 6.36. The number of benzene rings is 1. The minimum atomic E-state index is 0.750. The van der Waals surface area contributed by atoms with Gasteiger partial charge in [-0.15, -0.1) is 11.3 Å². The van der Waals surface area contributed by atoms with Gasteiger partial charge < -0.3 is 0 Å². The van der Waals surface area contributed by atoms with Crippen molar-refractivity contribution in [1.29, 1.82) is 0 Å². The van der Waals surface area contributed by atoms with Crippen molar-refractivity contribution in [3.8, 4) is 32.1 Å². The van der Waals surface area contributed by atoms with E-state index in [1.54, 1.807) is 16.0 Å². The number of rotatable bonds is 3. The molecule has 0 aliphatic heterocycles. The molecular formula is C21H15ClN4S. The monoisotopic (exact) mass is 390 g/mol. The van der Waals surface area contributed by atoms with Crippen molar-refractivity contribution in [2.75, 3.05) is 0 Å². The first-order chi connectivity index (χ1) is 13.2. The van der Waals surface area contributed by atoms with Gasteiger partial charge in [0.25, 0.3) is 0 Å². The lowest BCUT2D eigenvalue weighted by atomic mass is 10.1. The molecule has 0 fully saturated rings. The van der Waals surface area contributed by atoms with Crippen LogP contribution >= 0.6 is 22.9 Å². The fraction of sp³-hybridized carbons (Fsp3) is 0.0476. The molecule has 1 aromatic carbocycles. The normalized spacial score (nSPS) is 11.3. The SMILES string of the molecule is Cn1cc(-c2ccn3c(-c4ccc(-c5cccc(Cl)c5)s4)cnc3c2)cn1. The predicted octanol–water partition coefficient (Wildman–Crippen LogP) is 5.78. The van der Waals surface area contributed by atoms with E-state index in [2.05, 4.69) is 51.0 Å². The summed E-state index contributed by atoms with van der Waals surface area (Å²) in [5.74, 6) is 0. The summed E-state index contributed by atoms with van der Waals surface area (Å²) in [6, 6.07) is 16.4. The molecule has 6 heteroatoms. The number of halogens is 1. The molecular weight excluding hydrogens is 376 g/mol. The molecule has 0 N–H and O–H groups in total. The molecule has 0 aliphatic carbocycles. The van der Waals surface area contributed by atoms with Crippen LogP contribution in [0.5, 0.6) is 0 Å². The van der Waals surface area contributed by atoms with Gasteiger partial charge in [-0.05, 0) is 47.5 Å². The van der Waals surface area contributed by atoms with Crippen molar-refractivity contribution in [2.24, 2.45) is 7.05 Å². The molecule has 0 aliphatic rings. The van der Waals surface area contributed by atoms with Gasteiger partial charge in [0.2, 0.25) is 0 Å². The standard InChI is InChI=1S/C21H15ClN4S/c1-25-13-16(11-24-25)14-7-8-26-18(12-23-21(26)10-14)20-6-5-19(27-20)15-3-2-4-17(22)9-15/h2-13H,1H3. The summed E-state index contributed by atoms with van der Waals surface area (Å²) in [7, 11) is 1.92. The smallest absolute Gasteiger partial charge is 0.137 e. The van der Waals surface area contributed by atoms with Gasteiger partial charge in [0, 0.05) is 34.9 Å². The number of pyridine rings is 1. The summed E-state index contributed by atoms with van der Waals surface area (Å²) in [6.07, 6.45) is 7.87. The molecule has 132 valence electrons. The van der Waals surface area contributed by atoms with Gasteiger partial charge in [0.15, 0.2) is 0 Å². The Balaban J connectivity index is 1.54. The maximum Gasteiger partial charge on any atom is 0.137 e. The Kier molecular flexibility index (Phi) is 3.85. The number of hydrogen-bond acceptors (Lipinski definition) is 3. The van der Waals surface area contributed by atoms with E-state index in [1.165, 1.54) is 9.75 Å². The number of hydrogen-bond donors (Lipinski definition) is 0. The van der Waals surface area contributed by atoms with Crippen molar-refractivity contribution in [3.05, 3.63) is 78.3 Å². The lowest BCUT2D eigenvalue weighted by Gasteiger charge is -2.02. The van der Waals surface area contributed by atoms with Crippen molar-refractivity contribution >= 4 is 28.6 Å². The van der Waals surface area contributed by atoms with Gasteiger partial charge in [-0.3, -0.25) is 9.08 Å². The van der Waals surface area contributed by atoms with Crippen LogP contribution in [0.15, 0.2) is 73.3 Å². The van der Waals surface area contributed by atoms with Gasteiger partial charge in [-0.25, -0.2) is 4.98 Å². The predicted molar refractivity (Wildman–Crippen MR) is 111 cm³/mol. The summed E-state index contributed by atoms with van der Waals surface area (Å²) in [5, 5.41) is 5.00. The largest absolute Gasteiger partial charge is 0.299 e. The minimum absolute atomic E-state index is 0.750. The van der Waals surface area contributed by atoms with E-state index in [4.69, 9.17) is 11.6 Å². The zero-order valence-corrected chi connectivity index (χ0v) is 16.1. The highest BCUT2D eigenvalue weighted by molar-refractivity contribution is 7.18. The molecule has 0 saturated carbocycles. The molecule has 0 bridgehead atoms. The van der Waals surface area contributed by atoms with E-state index < -0.39 is 0 Å². The quantitative estimate of drug-likeness (QED) is 0.391. The summed E-state index contributed by atoms with van der Waals surface area (Å²) >= 11 is 7.87. The van der Waals surface area contributed by atoms with Crippen LogP contribution < -0.4 is 0 Å². The van der Waals surface area contributed by atoms with Gasteiger partial charge in [-0.1, -0.05) is 23.7 Å². The van der Waals surface area contributed by atoms with Crippen molar-refractivity contribution in [3.63, 3.8) is 0 Å². The van der Waals surface area contributed by atoms with Crippen LogP contribution in [-0.4, -0.2) is 19.2 Å². The van der Waals surface area contributed by atoms with Crippen molar-refractivity contribution in [1.82, 2.24) is 19.2 Å². The van der Waals surface area contributed by atoms with Crippen LogP contribution in [0.3, 0.4) is 0 Å². The van der Waals surface area contributed by atoms with E-state index in [0.29, 0.717) is 0 Å². The van der Waals surface area contributed by atoms with Crippen LogP contribution in [0.25, 0.3) is 37.8 Å². The lowest BCUT2D eigenvalue weighted by molar-refractivity contribution is 0.768. The van der Waals surface area contributed by atoms with E-state index >= 15 is 0 Å². The molecule has 4 aromatic heterocycles. The topological polar surface area (TPSA) is 35.1 Å². The number of aromatic nitrogens is 4. The number of imidazole rings is 1. The molecule has 5 aromatic rings. The van der Waals surface area contributed by atoms with Crippen molar-refractivity contribution in [2.45, 2.75) is 0 Å².